The SMILES string of the molecule is C[C@@H](OC1CC1)[C@H](N)c1nc2ccccc2[nH]1. The zero-order chi connectivity index (χ0) is 11.8. The van der Waals surface area contributed by atoms with Gasteiger partial charge < -0.3 is 15.5 Å². The van der Waals surface area contributed by atoms with Crippen molar-refractivity contribution in [2.24, 2.45) is 5.73 Å². The van der Waals surface area contributed by atoms with Crippen LogP contribution >= 0.6 is 0 Å². The monoisotopic (exact) mass is 231 g/mol. The van der Waals surface area contributed by atoms with Crippen molar-refractivity contribution in [1.82, 2.24) is 9.97 Å². The van der Waals surface area contributed by atoms with Gasteiger partial charge in [0.2, 0.25) is 0 Å². The van der Waals surface area contributed by atoms with E-state index < -0.39 is 0 Å². The Labute approximate surface area is 100 Å². The van der Waals surface area contributed by atoms with Crippen LogP contribution in [0.5, 0.6) is 0 Å². The Bertz CT molecular complexity index is 485. The number of hydrogen-bond acceptors (Lipinski definition) is 3. The van der Waals surface area contributed by atoms with E-state index in [-0.39, 0.29) is 12.1 Å². The Kier molecular flexibility index (Phi) is 2.61. The van der Waals surface area contributed by atoms with E-state index in [4.69, 9.17) is 10.5 Å². The third-order valence-corrected chi connectivity index (χ3v) is 3.16. The summed E-state index contributed by atoms with van der Waals surface area (Å²) in [5.74, 6) is 0.805. The van der Waals surface area contributed by atoms with Crippen LogP contribution in [-0.2, 0) is 4.74 Å². The van der Waals surface area contributed by atoms with E-state index in [2.05, 4.69) is 9.97 Å². The molecule has 1 aromatic carbocycles. The average Bonchev–Trinajstić information content (AvgIpc) is 3.04. The van der Waals surface area contributed by atoms with E-state index in [1.165, 1.54) is 0 Å². The molecule has 17 heavy (non-hydrogen) atoms. The summed E-state index contributed by atoms with van der Waals surface area (Å²) < 4.78 is 5.79. The Hall–Kier alpha value is -1.39. The van der Waals surface area contributed by atoms with Crippen LogP contribution in [0.2, 0.25) is 0 Å². The summed E-state index contributed by atoms with van der Waals surface area (Å²) in [4.78, 5) is 7.75. The first-order chi connectivity index (χ1) is 8.24. The Balaban J connectivity index is 1.81. The van der Waals surface area contributed by atoms with Gasteiger partial charge in [0.25, 0.3) is 0 Å². The Morgan fingerprint density at radius 1 is 1.41 bits per heavy atom. The fourth-order valence-corrected chi connectivity index (χ4v) is 1.95. The largest absolute Gasteiger partial charge is 0.373 e. The molecule has 0 saturated heterocycles. The second kappa shape index (κ2) is 4.13. The van der Waals surface area contributed by atoms with Crippen LogP contribution in [0.1, 0.15) is 31.6 Å². The number of nitrogens with one attached hydrogen (secondary N) is 1. The van der Waals surface area contributed by atoms with Gasteiger partial charge in [-0.1, -0.05) is 12.1 Å². The standard InChI is InChI=1S/C13H17N3O/c1-8(17-9-6-7-9)12(14)13-15-10-4-2-3-5-11(10)16-13/h2-5,8-9,12H,6-7,14H2,1H3,(H,15,16)/t8-,12+/m1/s1. The normalized spacial score (nSPS) is 19.4. The fraction of sp³-hybridized carbons (Fsp3) is 0.462. The molecule has 0 aliphatic heterocycles. The molecule has 2 atom stereocenters. The second-order valence-electron chi connectivity index (χ2n) is 4.71. The summed E-state index contributed by atoms with van der Waals surface area (Å²) in [6, 6.07) is 7.75. The molecular formula is C13H17N3O. The number of H-pyrrole nitrogens is 1. The summed E-state index contributed by atoms with van der Waals surface area (Å²) in [5.41, 5.74) is 8.14. The van der Waals surface area contributed by atoms with Gasteiger partial charge in [-0.3, -0.25) is 0 Å². The third-order valence-electron chi connectivity index (χ3n) is 3.16. The van der Waals surface area contributed by atoms with Crippen LogP contribution in [0.25, 0.3) is 11.0 Å². The molecular weight excluding hydrogens is 214 g/mol. The average molecular weight is 231 g/mol. The van der Waals surface area contributed by atoms with Crippen molar-refractivity contribution in [3.63, 3.8) is 0 Å². The number of ether oxygens (including phenoxy) is 1. The second-order valence-corrected chi connectivity index (χ2v) is 4.71. The molecule has 1 heterocycles. The first kappa shape index (κ1) is 10.7. The van der Waals surface area contributed by atoms with Crippen LogP contribution in [0.15, 0.2) is 24.3 Å². The number of nitrogens with two attached hydrogens (primary N) is 1. The molecule has 90 valence electrons. The lowest BCUT2D eigenvalue weighted by Crippen LogP contribution is -2.28. The number of benzene rings is 1. The van der Waals surface area contributed by atoms with Gasteiger partial charge in [0, 0.05) is 0 Å². The minimum atomic E-state index is -0.192. The molecule has 4 heteroatoms. The van der Waals surface area contributed by atoms with Gasteiger partial charge in [0.15, 0.2) is 0 Å². The first-order valence-electron chi connectivity index (χ1n) is 6.10. The lowest BCUT2D eigenvalue weighted by atomic mass is 10.2. The van der Waals surface area contributed by atoms with Crippen LogP contribution in [0.4, 0.5) is 0 Å². The van der Waals surface area contributed by atoms with E-state index in [1.54, 1.807) is 0 Å². The number of aromatic nitrogens is 2. The molecule has 4 nitrogen and oxygen atoms in total. The van der Waals surface area contributed by atoms with Gasteiger partial charge in [-0.2, -0.15) is 0 Å². The van der Waals surface area contributed by atoms with Crippen molar-refractivity contribution < 1.29 is 4.74 Å². The maximum absolute atomic E-state index is 6.16. The minimum Gasteiger partial charge on any atom is -0.373 e. The topological polar surface area (TPSA) is 63.9 Å². The van der Waals surface area contributed by atoms with Gasteiger partial charge in [0.05, 0.1) is 29.3 Å². The van der Waals surface area contributed by atoms with Crippen LogP contribution in [0.3, 0.4) is 0 Å². The molecule has 0 unspecified atom stereocenters. The molecule has 1 aliphatic rings. The predicted molar refractivity (Wildman–Crippen MR) is 66.6 cm³/mol. The van der Waals surface area contributed by atoms with Crippen molar-refractivity contribution in [2.45, 2.75) is 38.0 Å². The summed E-state index contributed by atoms with van der Waals surface area (Å²) in [6.45, 7) is 2.01. The van der Waals surface area contributed by atoms with E-state index in [9.17, 15) is 0 Å². The highest BCUT2D eigenvalue weighted by Gasteiger charge is 2.28. The molecule has 0 spiro atoms. The number of imidazole rings is 1. The summed E-state index contributed by atoms with van der Waals surface area (Å²) >= 11 is 0. The van der Waals surface area contributed by atoms with Crippen molar-refractivity contribution in [3.8, 4) is 0 Å². The third kappa shape index (κ3) is 2.18. The van der Waals surface area contributed by atoms with Crippen LogP contribution in [0, 0.1) is 0 Å². The zero-order valence-corrected chi connectivity index (χ0v) is 9.89. The lowest BCUT2D eigenvalue weighted by molar-refractivity contribution is 0.0336. The Morgan fingerprint density at radius 3 is 2.88 bits per heavy atom. The van der Waals surface area contributed by atoms with Gasteiger partial charge >= 0.3 is 0 Å². The maximum Gasteiger partial charge on any atom is 0.126 e. The smallest absolute Gasteiger partial charge is 0.126 e. The lowest BCUT2D eigenvalue weighted by Gasteiger charge is -2.18. The quantitative estimate of drug-likeness (QED) is 0.847. The Morgan fingerprint density at radius 2 is 2.18 bits per heavy atom. The van der Waals surface area contributed by atoms with Crippen molar-refractivity contribution in [3.05, 3.63) is 30.1 Å². The van der Waals surface area contributed by atoms with E-state index in [0.717, 1.165) is 29.7 Å². The van der Waals surface area contributed by atoms with E-state index in [0.29, 0.717) is 6.10 Å². The number of rotatable bonds is 4. The van der Waals surface area contributed by atoms with Gasteiger partial charge in [-0.05, 0) is 31.9 Å². The van der Waals surface area contributed by atoms with Crippen molar-refractivity contribution in [2.75, 3.05) is 0 Å². The molecule has 1 saturated carbocycles. The molecule has 3 rings (SSSR count). The molecule has 0 radical (unpaired) electrons. The van der Waals surface area contributed by atoms with E-state index >= 15 is 0 Å². The highest BCUT2D eigenvalue weighted by molar-refractivity contribution is 5.74. The molecule has 1 aromatic heterocycles. The van der Waals surface area contributed by atoms with E-state index in [1.807, 2.05) is 31.2 Å². The highest BCUT2D eigenvalue weighted by Crippen LogP contribution is 2.28. The zero-order valence-electron chi connectivity index (χ0n) is 9.89. The van der Waals surface area contributed by atoms with Gasteiger partial charge in [-0.15, -0.1) is 0 Å². The number of aromatic amines is 1. The summed E-state index contributed by atoms with van der Waals surface area (Å²) in [7, 11) is 0. The van der Waals surface area contributed by atoms with Crippen molar-refractivity contribution >= 4 is 11.0 Å². The highest BCUT2D eigenvalue weighted by atomic mass is 16.5. The van der Waals surface area contributed by atoms with Crippen LogP contribution < -0.4 is 5.73 Å². The molecule has 2 aromatic rings. The number of hydrogen-bond donors (Lipinski definition) is 2. The molecule has 0 bridgehead atoms. The molecule has 0 amide bonds. The first-order valence-corrected chi connectivity index (χ1v) is 6.10. The van der Waals surface area contributed by atoms with Gasteiger partial charge in [0.1, 0.15) is 5.82 Å². The van der Waals surface area contributed by atoms with Crippen molar-refractivity contribution in [1.29, 1.82) is 0 Å². The molecule has 1 fully saturated rings. The molecule has 1 aliphatic carbocycles. The van der Waals surface area contributed by atoms with Crippen LogP contribution in [-0.4, -0.2) is 22.2 Å². The summed E-state index contributed by atoms with van der Waals surface area (Å²) in [5, 5.41) is 0. The predicted octanol–water partition coefficient (Wildman–Crippen LogP) is 2.13. The minimum absolute atomic E-state index is 0.00284. The van der Waals surface area contributed by atoms with Gasteiger partial charge in [-0.25, -0.2) is 4.98 Å². The number of fused-ring (bicyclic) bond motifs is 1. The summed E-state index contributed by atoms with van der Waals surface area (Å²) in [6.07, 6.45) is 2.75. The number of nitrogens with zero attached hydrogens (tertiary/aromatic N) is 1. The fourth-order valence-electron chi connectivity index (χ4n) is 1.95. The maximum atomic E-state index is 6.16. The molecule has 3 N–H and O–H groups in total. The number of para-hydroxylation sites is 2.